The van der Waals surface area contributed by atoms with Gasteiger partial charge in [0, 0.05) is 6.54 Å². The molecule has 3 aliphatic heterocycles. The summed E-state index contributed by atoms with van der Waals surface area (Å²) in [6, 6.07) is 0. The Kier molecular flexibility index (Phi) is 11.3. The van der Waals surface area contributed by atoms with Crippen molar-refractivity contribution in [3.8, 4) is 0 Å². The molecule has 0 aliphatic carbocycles. The van der Waals surface area contributed by atoms with Gasteiger partial charge in [-0.3, -0.25) is 0 Å². The first-order valence-electron chi connectivity index (χ1n) is 11.8. The summed E-state index contributed by atoms with van der Waals surface area (Å²) in [7, 11) is 0. The molecule has 17 heteroatoms. The molecule has 6 unspecified atom stereocenters. The van der Waals surface area contributed by atoms with E-state index in [-0.39, 0.29) is 13.2 Å². The normalized spacial score (nSPS) is 49.2. The van der Waals surface area contributed by atoms with Gasteiger partial charge in [-0.1, -0.05) is 0 Å². The van der Waals surface area contributed by atoms with Crippen LogP contribution in [-0.2, 0) is 28.4 Å². The van der Waals surface area contributed by atoms with Crippen LogP contribution >= 0.6 is 0 Å². The number of hydrogen-bond acceptors (Lipinski definition) is 17. The number of nitrogens with two attached hydrogens (primary N) is 1. The molecule has 12 N–H and O–H groups in total. The lowest BCUT2D eigenvalue weighted by atomic mass is 9.96. The predicted octanol–water partition coefficient (Wildman–Crippen LogP) is -7.59. The van der Waals surface area contributed by atoms with E-state index in [4.69, 9.17) is 34.2 Å². The zero-order valence-corrected chi connectivity index (χ0v) is 19.7. The molecule has 0 radical (unpaired) electrons. The van der Waals surface area contributed by atoms with E-state index in [0.717, 1.165) is 0 Å². The number of aliphatic hydroxyl groups is 10. The van der Waals surface area contributed by atoms with E-state index in [2.05, 4.69) is 0 Å². The van der Waals surface area contributed by atoms with Gasteiger partial charge in [-0.05, 0) is 0 Å². The molecule has 3 rings (SSSR count). The minimum atomic E-state index is -1.90. The summed E-state index contributed by atoms with van der Waals surface area (Å²) in [6.07, 6.45) is -24.2. The fourth-order valence-corrected chi connectivity index (χ4v) is 4.37. The fraction of sp³-hybridized carbons (Fsp3) is 1.00. The molecule has 0 bridgehead atoms. The fourth-order valence-electron chi connectivity index (χ4n) is 4.37. The smallest absolute Gasteiger partial charge is 0.187 e. The quantitative estimate of drug-likeness (QED) is 0.121. The van der Waals surface area contributed by atoms with Crippen LogP contribution in [0.5, 0.6) is 0 Å². The average Bonchev–Trinajstić information content (AvgIpc) is 2.90. The Morgan fingerprint density at radius 3 is 1.38 bits per heavy atom. The van der Waals surface area contributed by atoms with Crippen molar-refractivity contribution in [3.63, 3.8) is 0 Å². The van der Waals surface area contributed by atoms with Gasteiger partial charge in [0.2, 0.25) is 0 Å². The minimum absolute atomic E-state index is 0.0111. The van der Waals surface area contributed by atoms with Gasteiger partial charge in [0.25, 0.3) is 0 Å². The van der Waals surface area contributed by atoms with Crippen LogP contribution in [0, 0.1) is 0 Å². The van der Waals surface area contributed by atoms with Crippen LogP contribution < -0.4 is 5.73 Å². The van der Waals surface area contributed by atoms with Crippen LogP contribution in [0.3, 0.4) is 0 Å². The third-order valence-electron chi connectivity index (χ3n) is 6.47. The van der Waals surface area contributed by atoms with E-state index >= 15 is 0 Å². The summed E-state index contributed by atoms with van der Waals surface area (Å²) in [6.45, 7) is -2.16. The molecule has 0 aromatic heterocycles. The lowest BCUT2D eigenvalue weighted by Gasteiger charge is -2.48. The van der Waals surface area contributed by atoms with Gasteiger partial charge in [-0.15, -0.1) is 0 Å². The van der Waals surface area contributed by atoms with Crippen molar-refractivity contribution in [1.29, 1.82) is 0 Å². The Hall–Kier alpha value is -0.680. The Morgan fingerprint density at radius 1 is 0.514 bits per heavy atom. The molecule has 37 heavy (non-hydrogen) atoms. The topological polar surface area (TPSA) is 284 Å². The number of hydrogen-bond donors (Lipinski definition) is 11. The second kappa shape index (κ2) is 13.6. The van der Waals surface area contributed by atoms with Gasteiger partial charge in [0.15, 0.2) is 18.9 Å². The highest BCUT2D eigenvalue weighted by Crippen LogP contribution is 2.32. The molecule has 15 atom stereocenters. The lowest BCUT2D eigenvalue weighted by molar-refractivity contribution is -0.379. The zero-order valence-electron chi connectivity index (χ0n) is 19.7. The average molecular weight is 548 g/mol. The van der Waals surface area contributed by atoms with Crippen molar-refractivity contribution in [2.75, 3.05) is 33.0 Å². The van der Waals surface area contributed by atoms with E-state index in [1.54, 1.807) is 0 Å². The summed E-state index contributed by atoms with van der Waals surface area (Å²) >= 11 is 0. The third kappa shape index (κ3) is 6.56. The maximum absolute atomic E-state index is 10.7. The zero-order chi connectivity index (χ0) is 27.4. The highest BCUT2D eigenvalue weighted by molar-refractivity contribution is 4.96. The molecule has 17 nitrogen and oxygen atoms in total. The van der Waals surface area contributed by atoms with Crippen LogP contribution in [0.1, 0.15) is 0 Å². The molecular formula is C20H37NO16. The SMILES string of the molecule is NCCO[C@@H]1O[C@@H](CO)[C@@H](O[C@@H]2OC(CO)[C@H](O[C@H]3OC(CO)[C@H](O)[C@H](O)C3O)[C@H](O)C2O)C(O)C1O. The number of aliphatic hydroxyl groups excluding tert-OH is 10. The van der Waals surface area contributed by atoms with Crippen molar-refractivity contribution in [2.45, 2.75) is 92.1 Å². The van der Waals surface area contributed by atoms with E-state index < -0.39 is 112 Å². The van der Waals surface area contributed by atoms with Gasteiger partial charge < -0.3 is 85.2 Å². The van der Waals surface area contributed by atoms with Crippen molar-refractivity contribution in [1.82, 2.24) is 0 Å². The molecular weight excluding hydrogens is 510 g/mol. The van der Waals surface area contributed by atoms with Crippen LogP contribution in [0.2, 0.25) is 0 Å². The second-order valence-corrected chi connectivity index (χ2v) is 8.97. The molecule has 3 saturated heterocycles. The van der Waals surface area contributed by atoms with E-state index in [1.165, 1.54) is 0 Å². The first kappa shape index (κ1) is 30.9. The molecule has 0 amide bonds. The van der Waals surface area contributed by atoms with Gasteiger partial charge in [-0.2, -0.15) is 0 Å². The summed E-state index contributed by atoms with van der Waals surface area (Å²) in [5.74, 6) is 0. The molecule has 0 saturated carbocycles. The first-order chi connectivity index (χ1) is 17.6. The summed E-state index contributed by atoms with van der Waals surface area (Å²) in [5, 5.41) is 101. The first-order valence-corrected chi connectivity index (χ1v) is 11.8. The van der Waals surface area contributed by atoms with Gasteiger partial charge in [0.1, 0.15) is 73.2 Å². The number of ether oxygens (including phenoxy) is 6. The molecule has 3 aliphatic rings. The largest absolute Gasteiger partial charge is 0.394 e. The Labute approximate surface area is 211 Å². The maximum atomic E-state index is 10.7. The lowest BCUT2D eigenvalue weighted by Crippen LogP contribution is -2.66. The summed E-state index contributed by atoms with van der Waals surface area (Å²) in [5.41, 5.74) is 5.35. The van der Waals surface area contributed by atoms with Crippen molar-refractivity contribution >= 4 is 0 Å². The van der Waals surface area contributed by atoms with Gasteiger partial charge in [-0.25, -0.2) is 0 Å². The second-order valence-electron chi connectivity index (χ2n) is 8.97. The van der Waals surface area contributed by atoms with Crippen molar-refractivity contribution < 1.29 is 79.5 Å². The van der Waals surface area contributed by atoms with E-state index in [0.29, 0.717) is 0 Å². The van der Waals surface area contributed by atoms with Crippen LogP contribution in [-0.4, -0.2) is 176 Å². The number of rotatable bonds is 10. The molecule has 3 fully saturated rings. The van der Waals surface area contributed by atoms with Gasteiger partial charge in [0.05, 0.1) is 26.4 Å². The van der Waals surface area contributed by atoms with Gasteiger partial charge >= 0.3 is 0 Å². The Morgan fingerprint density at radius 2 is 0.919 bits per heavy atom. The Bertz CT molecular complexity index is 687. The maximum Gasteiger partial charge on any atom is 0.187 e. The standard InChI is InChI=1S/C20H37NO16/c21-1-2-32-18-14(30)11(27)16(7(4-23)34-18)37-20-15(31)12(28)17(8(5-24)35-20)36-19-13(29)10(26)9(25)6(3-22)33-19/h6-20,22-31H,1-5,21H2/t6?,7-,8?,9-,10-,11?,12+,13?,14?,15?,16+,17-,18+,19+,20-/m0/s1. The predicted molar refractivity (Wildman–Crippen MR) is 114 cm³/mol. The Balaban J connectivity index is 1.70. The highest BCUT2D eigenvalue weighted by Gasteiger charge is 2.53. The molecule has 0 spiro atoms. The van der Waals surface area contributed by atoms with E-state index in [9.17, 15) is 51.1 Å². The molecule has 0 aromatic rings. The highest BCUT2D eigenvalue weighted by atomic mass is 16.8. The van der Waals surface area contributed by atoms with Crippen LogP contribution in [0.15, 0.2) is 0 Å². The summed E-state index contributed by atoms with van der Waals surface area (Å²) in [4.78, 5) is 0. The molecule has 0 aromatic carbocycles. The summed E-state index contributed by atoms with van der Waals surface area (Å²) < 4.78 is 32.4. The van der Waals surface area contributed by atoms with Crippen LogP contribution in [0.4, 0.5) is 0 Å². The molecule has 3 heterocycles. The monoisotopic (exact) mass is 547 g/mol. The van der Waals surface area contributed by atoms with Crippen LogP contribution in [0.25, 0.3) is 0 Å². The molecule has 218 valence electrons. The van der Waals surface area contributed by atoms with Crippen molar-refractivity contribution in [3.05, 3.63) is 0 Å². The van der Waals surface area contributed by atoms with Crippen molar-refractivity contribution in [2.24, 2.45) is 5.73 Å². The van der Waals surface area contributed by atoms with E-state index in [1.807, 2.05) is 0 Å². The third-order valence-corrected chi connectivity index (χ3v) is 6.47. The minimum Gasteiger partial charge on any atom is -0.394 e.